The van der Waals surface area contributed by atoms with E-state index in [1.54, 1.807) is 13.0 Å². The molecule has 4 aliphatic rings. The normalized spacial score (nSPS) is 37.6. The molecule has 0 aromatic rings. The van der Waals surface area contributed by atoms with Crippen molar-refractivity contribution in [3.05, 3.63) is 34.6 Å². The monoisotopic (exact) mass is 346 g/mol. The van der Waals surface area contributed by atoms with Gasteiger partial charge >= 0.3 is 11.9 Å². The predicted molar refractivity (Wildman–Crippen MR) is 86.8 cm³/mol. The van der Waals surface area contributed by atoms with Gasteiger partial charge in [-0.15, -0.1) is 0 Å². The Morgan fingerprint density at radius 1 is 1.28 bits per heavy atom. The van der Waals surface area contributed by atoms with Crippen molar-refractivity contribution in [3.63, 3.8) is 0 Å². The van der Waals surface area contributed by atoms with Crippen LogP contribution in [0.1, 0.15) is 40.0 Å². The Morgan fingerprint density at radius 3 is 2.72 bits per heavy atom. The Bertz CT molecular complexity index is 741. The van der Waals surface area contributed by atoms with Crippen LogP contribution in [0.3, 0.4) is 0 Å². The van der Waals surface area contributed by atoms with Gasteiger partial charge in [-0.05, 0) is 42.7 Å². The summed E-state index contributed by atoms with van der Waals surface area (Å²) >= 11 is 0. The second kappa shape index (κ2) is 5.46. The lowest BCUT2D eigenvalue weighted by Gasteiger charge is -2.34. The van der Waals surface area contributed by atoms with Crippen LogP contribution in [-0.2, 0) is 23.8 Å². The number of aliphatic hydroxyl groups excluding tert-OH is 1. The quantitative estimate of drug-likeness (QED) is 0.357. The molecule has 2 aliphatic heterocycles. The highest BCUT2D eigenvalue weighted by Crippen LogP contribution is 2.54. The second-order valence-electron chi connectivity index (χ2n) is 7.81. The van der Waals surface area contributed by atoms with Gasteiger partial charge < -0.3 is 19.3 Å². The number of fused-ring (bicyclic) bond motifs is 2. The van der Waals surface area contributed by atoms with E-state index in [1.807, 2.05) is 0 Å². The molecule has 6 heteroatoms. The maximum Gasteiger partial charge on any atom is 0.338 e. The minimum absolute atomic E-state index is 0.0919. The summed E-state index contributed by atoms with van der Waals surface area (Å²) in [7, 11) is 0. The third kappa shape index (κ3) is 2.42. The third-order valence-electron chi connectivity index (χ3n) is 5.72. The lowest BCUT2D eigenvalue weighted by atomic mass is 9.72. The van der Waals surface area contributed by atoms with Crippen molar-refractivity contribution in [2.75, 3.05) is 0 Å². The van der Waals surface area contributed by atoms with Gasteiger partial charge in [-0.3, -0.25) is 0 Å². The molecule has 25 heavy (non-hydrogen) atoms. The Morgan fingerprint density at radius 2 is 2.04 bits per heavy atom. The summed E-state index contributed by atoms with van der Waals surface area (Å²) in [6, 6.07) is 0. The standard InChI is InChI=1S/C19H22O6/c1-9-7-12(24-17(9)21)23-8-11-13-15(20)10-5-4-6-19(2,3)14(10)16(13)25-18(11)22/h7-8,12-13,15-16,20H,4-6H2,1-3H3/b11-8+/t12?,13-,15+,16-/m0/s1. The van der Waals surface area contributed by atoms with Gasteiger partial charge in [0.25, 0.3) is 6.29 Å². The predicted octanol–water partition coefficient (Wildman–Crippen LogP) is 2.14. The summed E-state index contributed by atoms with van der Waals surface area (Å²) in [6.45, 7) is 5.90. The first-order valence-electron chi connectivity index (χ1n) is 8.67. The minimum atomic E-state index is -0.843. The Hall–Kier alpha value is -2.08. The highest BCUT2D eigenvalue weighted by molar-refractivity contribution is 5.93. The van der Waals surface area contributed by atoms with Crippen molar-refractivity contribution >= 4 is 11.9 Å². The fourth-order valence-corrected chi connectivity index (χ4v) is 4.49. The molecule has 4 atom stereocenters. The van der Waals surface area contributed by atoms with Crippen LogP contribution < -0.4 is 0 Å². The van der Waals surface area contributed by atoms with E-state index in [1.165, 1.54) is 6.26 Å². The first-order valence-corrected chi connectivity index (χ1v) is 8.67. The van der Waals surface area contributed by atoms with Crippen LogP contribution in [0.5, 0.6) is 0 Å². The highest BCUT2D eigenvalue weighted by Gasteiger charge is 2.56. The number of carbonyl (C=O) groups is 2. The average Bonchev–Trinajstić information content (AvgIpc) is 3.11. The van der Waals surface area contributed by atoms with Crippen molar-refractivity contribution in [1.82, 2.24) is 0 Å². The Balaban J connectivity index is 1.60. The van der Waals surface area contributed by atoms with Crippen molar-refractivity contribution < 1.29 is 28.9 Å². The van der Waals surface area contributed by atoms with Crippen molar-refractivity contribution in [2.24, 2.45) is 11.3 Å². The van der Waals surface area contributed by atoms with Crippen LogP contribution >= 0.6 is 0 Å². The molecule has 0 aromatic carbocycles. The molecule has 2 heterocycles. The van der Waals surface area contributed by atoms with Gasteiger partial charge in [0.05, 0.1) is 23.9 Å². The van der Waals surface area contributed by atoms with E-state index in [2.05, 4.69) is 13.8 Å². The summed E-state index contributed by atoms with van der Waals surface area (Å²) < 4.78 is 16.1. The van der Waals surface area contributed by atoms with Gasteiger partial charge in [0.1, 0.15) is 6.10 Å². The van der Waals surface area contributed by atoms with Crippen molar-refractivity contribution in [2.45, 2.75) is 58.5 Å². The Kier molecular flexibility index (Phi) is 3.58. The van der Waals surface area contributed by atoms with Crippen LogP contribution in [-0.4, -0.2) is 35.5 Å². The number of carbonyl (C=O) groups excluding carboxylic acids is 2. The molecule has 6 nitrogen and oxygen atoms in total. The molecule has 0 aromatic heterocycles. The van der Waals surface area contributed by atoms with Crippen LogP contribution in [0, 0.1) is 11.3 Å². The smallest absolute Gasteiger partial charge is 0.338 e. The van der Waals surface area contributed by atoms with Crippen molar-refractivity contribution in [1.29, 1.82) is 0 Å². The van der Waals surface area contributed by atoms with E-state index in [0.29, 0.717) is 11.1 Å². The van der Waals surface area contributed by atoms with Crippen LogP contribution in [0.15, 0.2) is 34.6 Å². The fourth-order valence-electron chi connectivity index (χ4n) is 4.49. The molecule has 0 bridgehead atoms. The minimum Gasteiger partial charge on any atom is -0.458 e. The van der Waals surface area contributed by atoms with Crippen LogP contribution in [0.4, 0.5) is 0 Å². The summed E-state index contributed by atoms with van der Waals surface area (Å²) in [5.74, 6) is -1.36. The summed E-state index contributed by atoms with van der Waals surface area (Å²) in [4.78, 5) is 23.7. The number of cyclic esters (lactones) is 1. The topological polar surface area (TPSA) is 82.1 Å². The molecule has 134 valence electrons. The average molecular weight is 346 g/mol. The van der Waals surface area contributed by atoms with Gasteiger partial charge in [-0.1, -0.05) is 13.8 Å². The zero-order valence-corrected chi connectivity index (χ0v) is 14.6. The molecule has 0 amide bonds. The third-order valence-corrected chi connectivity index (χ3v) is 5.72. The van der Waals surface area contributed by atoms with Crippen molar-refractivity contribution in [3.8, 4) is 0 Å². The van der Waals surface area contributed by atoms with Crippen LogP contribution in [0.25, 0.3) is 0 Å². The molecule has 1 saturated heterocycles. The molecule has 1 fully saturated rings. The van der Waals surface area contributed by atoms with E-state index in [0.717, 1.165) is 30.4 Å². The molecule has 2 aliphatic carbocycles. The lowest BCUT2D eigenvalue weighted by molar-refractivity contribution is -0.152. The van der Waals surface area contributed by atoms with Gasteiger partial charge in [0.15, 0.2) is 0 Å². The zero-order chi connectivity index (χ0) is 17.9. The van der Waals surface area contributed by atoms with E-state index >= 15 is 0 Å². The number of esters is 2. The maximum absolute atomic E-state index is 12.3. The van der Waals surface area contributed by atoms with Gasteiger partial charge in [0, 0.05) is 11.6 Å². The molecule has 0 spiro atoms. The zero-order valence-electron chi connectivity index (χ0n) is 14.6. The highest BCUT2D eigenvalue weighted by atomic mass is 16.7. The first kappa shape index (κ1) is 16.4. The number of aliphatic hydroxyl groups is 1. The van der Waals surface area contributed by atoms with E-state index < -0.39 is 36.4 Å². The van der Waals surface area contributed by atoms with E-state index in [4.69, 9.17) is 14.2 Å². The molecule has 0 radical (unpaired) electrons. The largest absolute Gasteiger partial charge is 0.458 e. The van der Waals surface area contributed by atoms with Gasteiger partial charge in [-0.2, -0.15) is 0 Å². The summed E-state index contributed by atoms with van der Waals surface area (Å²) in [5, 5.41) is 10.8. The first-order chi connectivity index (χ1) is 11.8. The summed E-state index contributed by atoms with van der Waals surface area (Å²) in [5.41, 5.74) is 2.75. The maximum atomic E-state index is 12.3. The number of hydrogen-bond donors (Lipinski definition) is 1. The summed E-state index contributed by atoms with van der Waals surface area (Å²) in [6.07, 6.45) is 3.70. The second-order valence-corrected chi connectivity index (χ2v) is 7.81. The molecule has 1 unspecified atom stereocenters. The molecule has 1 N–H and O–H groups in total. The molecular formula is C19H22O6. The molecule has 4 rings (SSSR count). The number of rotatable bonds is 2. The number of hydrogen-bond acceptors (Lipinski definition) is 6. The Labute approximate surface area is 146 Å². The van der Waals surface area contributed by atoms with E-state index in [-0.39, 0.29) is 5.41 Å². The molecular weight excluding hydrogens is 324 g/mol. The van der Waals surface area contributed by atoms with Gasteiger partial charge in [-0.25, -0.2) is 9.59 Å². The van der Waals surface area contributed by atoms with Gasteiger partial charge in [0.2, 0.25) is 0 Å². The number of ether oxygens (including phenoxy) is 3. The fraction of sp³-hybridized carbons (Fsp3) is 0.579. The van der Waals surface area contributed by atoms with Crippen LogP contribution in [0.2, 0.25) is 0 Å². The molecule has 0 saturated carbocycles. The SMILES string of the molecule is CC1=CC(O/C=C2/C(=O)O[C@@H]3C4=C(CCCC4(C)C)[C@@H](O)[C@H]23)OC1=O. The lowest BCUT2D eigenvalue weighted by Crippen LogP contribution is -2.27. The van der Waals surface area contributed by atoms with E-state index in [9.17, 15) is 14.7 Å².